The van der Waals surface area contributed by atoms with Gasteiger partial charge < -0.3 is 9.84 Å². The first-order valence-electron chi connectivity index (χ1n) is 10.2. The minimum atomic E-state index is -0.496. The van der Waals surface area contributed by atoms with Gasteiger partial charge in [0.25, 0.3) is 0 Å². The van der Waals surface area contributed by atoms with Crippen LogP contribution in [0.15, 0.2) is 72.8 Å². The van der Waals surface area contributed by atoms with Crippen LogP contribution in [0.1, 0.15) is 17.0 Å². The van der Waals surface area contributed by atoms with Crippen LogP contribution in [0, 0.1) is 11.6 Å². The fourth-order valence-electron chi connectivity index (χ4n) is 4.15. The highest BCUT2D eigenvalue weighted by Gasteiger charge is 2.31. The molecule has 0 radical (unpaired) electrons. The summed E-state index contributed by atoms with van der Waals surface area (Å²) >= 11 is 0. The molecule has 4 rings (SSSR count). The van der Waals surface area contributed by atoms with Gasteiger partial charge in [-0.05, 0) is 34.9 Å². The van der Waals surface area contributed by atoms with E-state index in [0.29, 0.717) is 18.7 Å². The van der Waals surface area contributed by atoms with Gasteiger partial charge in [0.2, 0.25) is 0 Å². The predicted molar refractivity (Wildman–Crippen MR) is 113 cm³/mol. The Kier molecular flexibility index (Phi) is 6.53. The predicted octanol–water partition coefficient (Wildman–Crippen LogP) is 4.61. The van der Waals surface area contributed by atoms with Crippen LogP contribution in [0.3, 0.4) is 0 Å². The molecule has 1 fully saturated rings. The molecule has 3 aromatic carbocycles. The van der Waals surface area contributed by atoms with Crippen molar-refractivity contribution in [3.8, 4) is 11.1 Å². The molecule has 0 saturated carbocycles. The summed E-state index contributed by atoms with van der Waals surface area (Å²) in [5, 5.41) is 10.2. The zero-order valence-electron chi connectivity index (χ0n) is 16.7. The van der Waals surface area contributed by atoms with Gasteiger partial charge in [-0.1, -0.05) is 54.6 Å². The van der Waals surface area contributed by atoms with Gasteiger partial charge >= 0.3 is 0 Å². The fourth-order valence-corrected chi connectivity index (χ4v) is 4.15. The lowest BCUT2D eigenvalue weighted by atomic mass is 9.86. The van der Waals surface area contributed by atoms with Gasteiger partial charge in [0, 0.05) is 31.1 Å². The topological polar surface area (TPSA) is 32.7 Å². The zero-order chi connectivity index (χ0) is 20.9. The van der Waals surface area contributed by atoms with Crippen LogP contribution in [-0.2, 0) is 11.3 Å². The molecule has 0 aliphatic carbocycles. The first kappa shape index (κ1) is 20.7. The van der Waals surface area contributed by atoms with E-state index in [9.17, 15) is 13.9 Å². The highest BCUT2D eigenvalue weighted by atomic mass is 19.1. The summed E-state index contributed by atoms with van der Waals surface area (Å²) in [4.78, 5) is 2.30. The Morgan fingerprint density at radius 1 is 0.967 bits per heavy atom. The van der Waals surface area contributed by atoms with Crippen molar-refractivity contribution in [1.29, 1.82) is 0 Å². The maximum atomic E-state index is 14.5. The molecular weight excluding hydrogens is 384 g/mol. The minimum Gasteiger partial charge on any atom is -0.396 e. The molecule has 1 aliphatic rings. The quantitative estimate of drug-likeness (QED) is 0.646. The van der Waals surface area contributed by atoms with Crippen LogP contribution < -0.4 is 0 Å². The summed E-state index contributed by atoms with van der Waals surface area (Å²) in [5.41, 5.74) is 2.76. The van der Waals surface area contributed by atoms with Crippen molar-refractivity contribution in [2.24, 2.45) is 0 Å². The second kappa shape index (κ2) is 9.47. The fraction of sp³-hybridized carbons (Fsp3) is 0.280. The molecule has 3 nitrogen and oxygen atoms in total. The number of benzene rings is 3. The molecular formula is C25H25F2NO2. The molecule has 3 aromatic rings. The molecule has 0 aromatic heterocycles. The van der Waals surface area contributed by atoms with Gasteiger partial charge in [0.15, 0.2) is 0 Å². The molecule has 2 unspecified atom stereocenters. The average Bonchev–Trinajstić information content (AvgIpc) is 2.77. The maximum Gasteiger partial charge on any atom is 0.131 e. The molecule has 0 amide bonds. The number of hydrogen-bond acceptors (Lipinski definition) is 3. The lowest BCUT2D eigenvalue weighted by Gasteiger charge is -2.37. The summed E-state index contributed by atoms with van der Waals surface area (Å²) in [6, 6.07) is 20.9. The highest BCUT2D eigenvalue weighted by molar-refractivity contribution is 5.69. The smallest absolute Gasteiger partial charge is 0.131 e. The monoisotopic (exact) mass is 409 g/mol. The second-order valence-corrected chi connectivity index (χ2v) is 7.63. The summed E-state index contributed by atoms with van der Waals surface area (Å²) in [6.07, 6.45) is -0.245. The van der Waals surface area contributed by atoms with Crippen molar-refractivity contribution >= 4 is 0 Å². The number of morpholine rings is 1. The maximum absolute atomic E-state index is 14.5. The van der Waals surface area contributed by atoms with Gasteiger partial charge in [-0.2, -0.15) is 0 Å². The normalized spacial score (nSPS) is 18.3. The third kappa shape index (κ3) is 4.59. The standard InChI is InChI=1S/C25H25F2NO2/c26-19-10-11-24(27)22(14-19)20-8-4-5-9-21(20)23(17-29)25-16-28(12-13-30-25)15-18-6-2-1-3-7-18/h1-11,14,23,25,29H,12-13,15-17H2. The Labute approximate surface area is 175 Å². The SMILES string of the molecule is OCC(c1ccccc1-c1cc(F)ccc1F)C1CN(Cc2ccccc2)CCO1. The van der Waals surface area contributed by atoms with Crippen LogP contribution in [0.25, 0.3) is 11.1 Å². The Hall–Kier alpha value is -2.60. The van der Waals surface area contributed by atoms with Crippen LogP contribution in [0.5, 0.6) is 0 Å². The van der Waals surface area contributed by atoms with Crippen molar-refractivity contribution in [1.82, 2.24) is 4.90 Å². The minimum absolute atomic E-state index is 0.141. The lowest BCUT2D eigenvalue weighted by Crippen LogP contribution is -2.45. The van der Waals surface area contributed by atoms with E-state index >= 15 is 0 Å². The van der Waals surface area contributed by atoms with E-state index < -0.39 is 11.6 Å². The molecule has 1 aliphatic heterocycles. The molecule has 1 saturated heterocycles. The van der Waals surface area contributed by atoms with Gasteiger partial charge in [-0.3, -0.25) is 4.90 Å². The molecule has 2 atom stereocenters. The number of aliphatic hydroxyl groups excluding tert-OH is 1. The van der Waals surface area contributed by atoms with Crippen molar-refractivity contribution < 1.29 is 18.6 Å². The first-order chi connectivity index (χ1) is 14.7. The van der Waals surface area contributed by atoms with Crippen LogP contribution >= 0.6 is 0 Å². The van der Waals surface area contributed by atoms with E-state index in [-0.39, 0.29) is 24.2 Å². The van der Waals surface area contributed by atoms with Crippen molar-refractivity contribution in [3.63, 3.8) is 0 Å². The van der Waals surface area contributed by atoms with E-state index in [1.807, 2.05) is 30.3 Å². The lowest BCUT2D eigenvalue weighted by molar-refractivity contribution is -0.0520. The number of hydrogen-bond donors (Lipinski definition) is 1. The van der Waals surface area contributed by atoms with Gasteiger partial charge in [0.1, 0.15) is 11.6 Å². The van der Waals surface area contributed by atoms with Crippen molar-refractivity contribution in [2.45, 2.75) is 18.6 Å². The number of halogens is 2. The van der Waals surface area contributed by atoms with Crippen LogP contribution in [-0.4, -0.2) is 42.4 Å². The van der Waals surface area contributed by atoms with Gasteiger partial charge in [-0.15, -0.1) is 0 Å². The summed E-state index contributed by atoms with van der Waals surface area (Å²) in [6.45, 7) is 2.69. The van der Waals surface area contributed by atoms with Crippen molar-refractivity contribution in [2.75, 3.05) is 26.3 Å². The highest BCUT2D eigenvalue weighted by Crippen LogP contribution is 2.34. The number of rotatable bonds is 6. The number of ether oxygens (including phenoxy) is 1. The largest absolute Gasteiger partial charge is 0.396 e. The van der Waals surface area contributed by atoms with E-state index in [0.717, 1.165) is 30.8 Å². The Balaban J connectivity index is 1.60. The Bertz CT molecular complexity index is 980. The summed E-state index contributed by atoms with van der Waals surface area (Å²) in [7, 11) is 0. The van der Waals surface area contributed by atoms with Crippen LogP contribution in [0.2, 0.25) is 0 Å². The molecule has 156 valence electrons. The van der Waals surface area contributed by atoms with Gasteiger partial charge in [0.05, 0.1) is 19.3 Å². The van der Waals surface area contributed by atoms with Gasteiger partial charge in [-0.25, -0.2) is 8.78 Å². The number of nitrogens with zero attached hydrogens (tertiary/aromatic N) is 1. The molecule has 0 spiro atoms. The molecule has 1 N–H and O–H groups in total. The number of aliphatic hydroxyl groups is 1. The summed E-state index contributed by atoms with van der Waals surface area (Å²) in [5.74, 6) is -1.33. The molecule has 30 heavy (non-hydrogen) atoms. The van der Waals surface area contributed by atoms with E-state index in [4.69, 9.17) is 4.74 Å². The Morgan fingerprint density at radius 2 is 1.73 bits per heavy atom. The van der Waals surface area contributed by atoms with E-state index in [1.54, 1.807) is 12.1 Å². The molecule has 5 heteroatoms. The van der Waals surface area contributed by atoms with E-state index in [1.165, 1.54) is 11.6 Å². The van der Waals surface area contributed by atoms with Crippen LogP contribution in [0.4, 0.5) is 8.78 Å². The first-order valence-corrected chi connectivity index (χ1v) is 10.2. The molecule has 1 heterocycles. The molecule has 0 bridgehead atoms. The Morgan fingerprint density at radius 3 is 2.53 bits per heavy atom. The zero-order valence-corrected chi connectivity index (χ0v) is 16.7. The second-order valence-electron chi connectivity index (χ2n) is 7.63. The van der Waals surface area contributed by atoms with Crippen molar-refractivity contribution in [3.05, 3.63) is 95.6 Å². The average molecular weight is 409 g/mol. The third-order valence-corrected chi connectivity index (χ3v) is 5.65. The summed E-state index contributed by atoms with van der Waals surface area (Å²) < 4.78 is 34.3. The third-order valence-electron chi connectivity index (χ3n) is 5.65. The van der Waals surface area contributed by atoms with E-state index in [2.05, 4.69) is 17.0 Å².